The number of likely N-dealkylation sites (tertiary alicyclic amines) is 2. The Morgan fingerprint density at radius 2 is 2.00 bits per heavy atom. The lowest BCUT2D eigenvalue weighted by Crippen LogP contribution is -2.66. The van der Waals surface area contributed by atoms with Gasteiger partial charge in [0.2, 0.25) is 11.8 Å². The van der Waals surface area contributed by atoms with Gasteiger partial charge in [0.25, 0.3) is 0 Å². The maximum absolute atomic E-state index is 13.5. The number of amides is 2. The molecule has 0 spiro atoms. The standard InChI is InChI=1S/C22H33N3O2S/c1-24-11-5-9-22(21(27)23-18-6-3-2-4-7-18)10-12-25(15-19(22)24)20(26)14-17-8-13-28-16-17/h8,13,16,18-19H,2-7,9-12,14-15H2,1H3,(H,23,27)/t19-,22+/m0/s1. The topological polar surface area (TPSA) is 52.7 Å². The number of thiophene rings is 1. The number of rotatable bonds is 4. The van der Waals surface area contributed by atoms with Crippen LogP contribution in [0.15, 0.2) is 16.8 Å². The molecule has 6 heteroatoms. The van der Waals surface area contributed by atoms with E-state index in [4.69, 9.17) is 0 Å². The molecule has 2 aliphatic heterocycles. The molecular formula is C22H33N3O2S. The first-order chi connectivity index (χ1) is 13.6. The van der Waals surface area contributed by atoms with E-state index in [0.29, 0.717) is 25.6 Å². The highest BCUT2D eigenvalue weighted by Crippen LogP contribution is 2.42. The van der Waals surface area contributed by atoms with Crippen LogP contribution in [0.4, 0.5) is 0 Å². The van der Waals surface area contributed by atoms with E-state index in [0.717, 1.165) is 44.2 Å². The molecule has 4 rings (SSSR count). The van der Waals surface area contributed by atoms with E-state index in [1.165, 1.54) is 19.3 Å². The Morgan fingerprint density at radius 1 is 1.18 bits per heavy atom. The van der Waals surface area contributed by atoms with Gasteiger partial charge in [-0.15, -0.1) is 0 Å². The van der Waals surface area contributed by atoms with Crippen LogP contribution < -0.4 is 5.32 Å². The zero-order chi connectivity index (χ0) is 19.6. The zero-order valence-electron chi connectivity index (χ0n) is 17.0. The maximum atomic E-state index is 13.5. The molecule has 1 saturated carbocycles. The summed E-state index contributed by atoms with van der Waals surface area (Å²) < 4.78 is 0. The van der Waals surface area contributed by atoms with Gasteiger partial charge < -0.3 is 15.1 Å². The van der Waals surface area contributed by atoms with Crippen molar-refractivity contribution in [3.8, 4) is 0 Å². The lowest BCUT2D eigenvalue weighted by Gasteiger charge is -2.53. The molecule has 28 heavy (non-hydrogen) atoms. The summed E-state index contributed by atoms with van der Waals surface area (Å²) in [6, 6.07) is 2.51. The van der Waals surface area contributed by atoms with Crippen molar-refractivity contribution in [1.29, 1.82) is 0 Å². The fraction of sp³-hybridized carbons (Fsp3) is 0.727. The number of piperidine rings is 2. The lowest BCUT2D eigenvalue weighted by atomic mass is 9.67. The van der Waals surface area contributed by atoms with Gasteiger partial charge in [-0.3, -0.25) is 9.59 Å². The van der Waals surface area contributed by atoms with Gasteiger partial charge in [-0.2, -0.15) is 11.3 Å². The van der Waals surface area contributed by atoms with Crippen LogP contribution in [0.5, 0.6) is 0 Å². The van der Waals surface area contributed by atoms with Crippen LogP contribution in [0.25, 0.3) is 0 Å². The molecule has 154 valence electrons. The summed E-state index contributed by atoms with van der Waals surface area (Å²) in [6.45, 7) is 2.39. The minimum Gasteiger partial charge on any atom is -0.353 e. The maximum Gasteiger partial charge on any atom is 0.228 e. The Labute approximate surface area is 172 Å². The number of likely N-dealkylation sites (N-methyl/N-ethyl adjacent to an activating group) is 1. The van der Waals surface area contributed by atoms with Crippen LogP contribution in [-0.4, -0.2) is 60.4 Å². The molecule has 1 aliphatic carbocycles. The molecule has 3 fully saturated rings. The summed E-state index contributed by atoms with van der Waals surface area (Å²) in [7, 11) is 2.12. The van der Waals surface area contributed by atoms with Crippen molar-refractivity contribution < 1.29 is 9.59 Å². The second-order valence-corrected chi connectivity index (χ2v) is 9.74. The number of carbonyl (C=O) groups is 2. The summed E-state index contributed by atoms with van der Waals surface area (Å²) in [5.74, 6) is 0.444. The van der Waals surface area contributed by atoms with E-state index in [1.54, 1.807) is 11.3 Å². The number of nitrogens with one attached hydrogen (secondary N) is 1. The molecule has 2 atom stereocenters. The Morgan fingerprint density at radius 3 is 2.75 bits per heavy atom. The highest BCUT2D eigenvalue weighted by Gasteiger charge is 2.52. The van der Waals surface area contributed by atoms with Gasteiger partial charge in [0.15, 0.2) is 0 Å². The molecule has 0 unspecified atom stereocenters. The van der Waals surface area contributed by atoms with Crippen molar-refractivity contribution in [2.24, 2.45) is 5.41 Å². The first kappa shape index (κ1) is 19.9. The third-order valence-corrected chi connectivity index (χ3v) is 7.94. The molecule has 0 radical (unpaired) electrons. The predicted molar refractivity (Wildman–Crippen MR) is 112 cm³/mol. The molecule has 1 aromatic heterocycles. The molecule has 2 amide bonds. The molecule has 3 heterocycles. The molecule has 3 aliphatic rings. The van der Waals surface area contributed by atoms with E-state index in [2.05, 4.69) is 22.6 Å². The van der Waals surface area contributed by atoms with E-state index >= 15 is 0 Å². The predicted octanol–water partition coefficient (Wildman–Crippen LogP) is 3.05. The van der Waals surface area contributed by atoms with Crippen molar-refractivity contribution in [2.75, 3.05) is 26.7 Å². The molecule has 2 saturated heterocycles. The Bertz CT molecular complexity index is 686. The average molecular weight is 404 g/mol. The van der Waals surface area contributed by atoms with Crippen LogP contribution in [0.1, 0.15) is 56.9 Å². The minimum atomic E-state index is -0.330. The summed E-state index contributed by atoms with van der Waals surface area (Å²) in [6.07, 6.45) is 9.27. The molecule has 1 aromatic rings. The van der Waals surface area contributed by atoms with Crippen molar-refractivity contribution in [3.05, 3.63) is 22.4 Å². The summed E-state index contributed by atoms with van der Waals surface area (Å²) in [5, 5.41) is 7.49. The SMILES string of the molecule is CN1CCC[C@@]2(C(=O)NC3CCCCC3)CCN(C(=O)Cc3ccsc3)C[C@H]12. The number of hydrogen-bond acceptors (Lipinski definition) is 4. The van der Waals surface area contributed by atoms with Crippen LogP contribution in [-0.2, 0) is 16.0 Å². The van der Waals surface area contributed by atoms with Crippen molar-refractivity contribution in [2.45, 2.75) is 69.9 Å². The van der Waals surface area contributed by atoms with Crippen LogP contribution >= 0.6 is 11.3 Å². The van der Waals surface area contributed by atoms with Gasteiger partial charge in [0.1, 0.15) is 0 Å². The third-order valence-electron chi connectivity index (χ3n) is 7.21. The van der Waals surface area contributed by atoms with Crippen molar-refractivity contribution in [1.82, 2.24) is 15.1 Å². The van der Waals surface area contributed by atoms with Crippen LogP contribution in [0.2, 0.25) is 0 Å². The first-order valence-electron chi connectivity index (χ1n) is 10.9. The largest absolute Gasteiger partial charge is 0.353 e. The van der Waals surface area contributed by atoms with Crippen molar-refractivity contribution >= 4 is 23.2 Å². The molecule has 0 aromatic carbocycles. The second kappa shape index (κ2) is 8.54. The quantitative estimate of drug-likeness (QED) is 0.841. The molecular weight excluding hydrogens is 370 g/mol. The Kier molecular flexibility index (Phi) is 6.07. The number of fused-ring (bicyclic) bond motifs is 1. The first-order valence-corrected chi connectivity index (χ1v) is 11.8. The van der Waals surface area contributed by atoms with E-state index in [1.807, 2.05) is 16.3 Å². The molecule has 0 bridgehead atoms. The zero-order valence-corrected chi connectivity index (χ0v) is 17.8. The molecule has 5 nitrogen and oxygen atoms in total. The van der Waals surface area contributed by atoms with E-state index in [-0.39, 0.29) is 23.3 Å². The normalized spacial score (nSPS) is 29.3. The van der Waals surface area contributed by atoms with Gasteiger partial charge in [-0.1, -0.05) is 19.3 Å². The van der Waals surface area contributed by atoms with Gasteiger partial charge in [-0.05, 0) is 68.1 Å². The van der Waals surface area contributed by atoms with Gasteiger partial charge in [-0.25, -0.2) is 0 Å². The number of carbonyl (C=O) groups excluding carboxylic acids is 2. The van der Waals surface area contributed by atoms with Crippen molar-refractivity contribution in [3.63, 3.8) is 0 Å². The number of hydrogen-bond donors (Lipinski definition) is 1. The number of nitrogens with zero attached hydrogens (tertiary/aromatic N) is 2. The monoisotopic (exact) mass is 403 g/mol. The van der Waals surface area contributed by atoms with E-state index < -0.39 is 0 Å². The van der Waals surface area contributed by atoms with Gasteiger partial charge in [0.05, 0.1) is 11.8 Å². The Balaban J connectivity index is 1.46. The summed E-state index contributed by atoms with van der Waals surface area (Å²) >= 11 is 1.63. The Hall–Kier alpha value is -1.40. The minimum absolute atomic E-state index is 0.130. The fourth-order valence-electron chi connectivity index (χ4n) is 5.49. The summed E-state index contributed by atoms with van der Waals surface area (Å²) in [4.78, 5) is 30.6. The molecule has 1 N–H and O–H groups in total. The van der Waals surface area contributed by atoms with Crippen LogP contribution in [0.3, 0.4) is 0 Å². The highest BCUT2D eigenvalue weighted by atomic mass is 32.1. The summed E-state index contributed by atoms with van der Waals surface area (Å²) in [5.41, 5.74) is 0.766. The van der Waals surface area contributed by atoms with Crippen LogP contribution in [0, 0.1) is 5.41 Å². The smallest absolute Gasteiger partial charge is 0.228 e. The third kappa shape index (κ3) is 3.99. The second-order valence-electron chi connectivity index (χ2n) is 8.96. The average Bonchev–Trinajstić information content (AvgIpc) is 3.21. The lowest BCUT2D eigenvalue weighted by molar-refractivity contribution is -0.151. The van der Waals surface area contributed by atoms with Gasteiger partial charge in [0, 0.05) is 25.2 Å². The fourth-order valence-corrected chi connectivity index (χ4v) is 6.16. The van der Waals surface area contributed by atoms with Gasteiger partial charge >= 0.3 is 0 Å². The highest BCUT2D eigenvalue weighted by molar-refractivity contribution is 7.08. The van der Waals surface area contributed by atoms with E-state index in [9.17, 15) is 9.59 Å².